The van der Waals surface area contributed by atoms with Gasteiger partial charge in [-0.1, -0.05) is 17.7 Å². The molecule has 0 unspecified atom stereocenters. The van der Waals surface area contributed by atoms with Crippen molar-refractivity contribution in [3.05, 3.63) is 46.8 Å². The lowest BCUT2D eigenvalue weighted by molar-refractivity contribution is 0.886. The summed E-state index contributed by atoms with van der Waals surface area (Å²) in [5, 5.41) is 5.49. The number of anilines is 1. The second-order valence-corrected chi connectivity index (χ2v) is 2.78. The molecule has 0 saturated carbocycles. The minimum Gasteiger partial charge on any atom is -0.340 e. The third kappa shape index (κ3) is 2.87. The maximum Gasteiger partial charge on any atom is 0.140 e. The maximum atomic E-state index is 9.96. The molecule has 5 nitrogen and oxygen atoms in total. The highest BCUT2D eigenvalue weighted by molar-refractivity contribution is 5.48. The predicted molar refractivity (Wildman–Crippen MR) is 56.0 cm³/mol. The molecule has 1 rings (SSSR count). The molecule has 0 aromatic heterocycles. The van der Waals surface area contributed by atoms with E-state index in [9.17, 15) is 4.91 Å². The van der Waals surface area contributed by atoms with E-state index < -0.39 is 0 Å². The number of nitrogens with zero attached hydrogens (tertiary/aromatic N) is 1. The van der Waals surface area contributed by atoms with Gasteiger partial charge in [-0.15, -0.1) is 4.91 Å². The highest BCUT2D eigenvalue weighted by atomic mass is 16.2. The lowest BCUT2D eigenvalue weighted by atomic mass is 10.2. The molecule has 0 atom stereocenters. The highest BCUT2D eigenvalue weighted by Crippen LogP contribution is 2.09. The molecule has 1 aromatic rings. The zero-order valence-electron chi connectivity index (χ0n) is 7.82. The van der Waals surface area contributed by atoms with Crippen LogP contribution in [0.2, 0.25) is 0 Å². The Morgan fingerprint density at radius 3 is 2.57 bits per heavy atom. The van der Waals surface area contributed by atoms with Crippen LogP contribution in [0.4, 0.5) is 5.69 Å². The number of rotatable bonds is 4. The van der Waals surface area contributed by atoms with E-state index in [2.05, 4.69) is 15.9 Å². The molecular formula is C9H12N4O. The average molecular weight is 192 g/mol. The fourth-order valence-corrected chi connectivity index (χ4v) is 0.951. The van der Waals surface area contributed by atoms with Crippen LogP contribution in [-0.2, 0) is 0 Å². The molecular weight excluding hydrogens is 180 g/mol. The summed E-state index contributed by atoms with van der Waals surface area (Å²) in [4.78, 5) is 9.96. The second kappa shape index (κ2) is 4.98. The van der Waals surface area contributed by atoms with Crippen LogP contribution in [0, 0.1) is 11.8 Å². The molecule has 0 saturated heterocycles. The van der Waals surface area contributed by atoms with E-state index in [1.807, 2.05) is 31.2 Å². The number of benzene rings is 1. The largest absolute Gasteiger partial charge is 0.340 e. The standard InChI is InChI=1S/C9H12N4O/c1-7-2-4-8(5-3-7)12-9(13-10)6-11-14/h2-6,12-13H,10H2,1H3/b9-6-. The molecule has 0 amide bonds. The molecule has 14 heavy (non-hydrogen) atoms. The Morgan fingerprint density at radius 1 is 1.43 bits per heavy atom. The molecule has 0 spiro atoms. The quantitative estimate of drug-likeness (QED) is 0.383. The van der Waals surface area contributed by atoms with Gasteiger partial charge in [0, 0.05) is 5.69 Å². The van der Waals surface area contributed by atoms with Gasteiger partial charge in [0.15, 0.2) is 0 Å². The number of hydrogen-bond acceptors (Lipinski definition) is 5. The van der Waals surface area contributed by atoms with Gasteiger partial charge in [-0.2, -0.15) is 0 Å². The van der Waals surface area contributed by atoms with Crippen molar-refractivity contribution in [3.8, 4) is 0 Å². The Kier molecular flexibility index (Phi) is 3.63. The molecule has 0 aliphatic carbocycles. The number of nitroso groups, excluding NO2 is 1. The minimum absolute atomic E-state index is 0.351. The molecule has 0 aliphatic rings. The maximum absolute atomic E-state index is 9.96. The third-order valence-electron chi connectivity index (χ3n) is 1.67. The number of hydrogen-bond donors (Lipinski definition) is 3. The predicted octanol–water partition coefficient (Wildman–Crippen LogP) is 1.44. The van der Waals surface area contributed by atoms with Crippen molar-refractivity contribution >= 4 is 5.69 Å². The van der Waals surface area contributed by atoms with E-state index in [1.54, 1.807) is 0 Å². The van der Waals surface area contributed by atoms with Crippen LogP contribution in [0.5, 0.6) is 0 Å². The summed E-state index contributed by atoms with van der Waals surface area (Å²) in [6.07, 6.45) is 1.07. The SMILES string of the molecule is Cc1ccc(N/C(=C/N=O)NN)cc1. The first kappa shape index (κ1) is 10.2. The van der Waals surface area contributed by atoms with Crippen LogP contribution < -0.4 is 16.6 Å². The topological polar surface area (TPSA) is 79.5 Å². The Hall–Kier alpha value is -1.88. The number of hydrazine groups is 1. The summed E-state index contributed by atoms with van der Waals surface area (Å²) >= 11 is 0. The van der Waals surface area contributed by atoms with Crippen molar-refractivity contribution in [2.45, 2.75) is 6.92 Å². The molecule has 0 bridgehead atoms. The van der Waals surface area contributed by atoms with Crippen molar-refractivity contribution < 1.29 is 0 Å². The van der Waals surface area contributed by atoms with Crippen LogP contribution in [0.25, 0.3) is 0 Å². The van der Waals surface area contributed by atoms with Gasteiger partial charge in [0.05, 0.1) is 0 Å². The van der Waals surface area contributed by atoms with Gasteiger partial charge in [0.25, 0.3) is 0 Å². The van der Waals surface area contributed by atoms with Crippen LogP contribution in [0.3, 0.4) is 0 Å². The molecule has 1 aromatic carbocycles. The lowest BCUT2D eigenvalue weighted by Crippen LogP contribution is -2.25. The second-order valence-electron chi connectivity index (χ2n) is 2.78. The van der Waals surface area contributed by atoms with E-state index in [1.165, 1.54) is 0 Å². The van der Waals surface area contributed by atoms with Gasteiger partial charge in [-0.05, 0) is 24.2 Å². The van der Waals surface area contributed by atoms with Crippen LogP contribution in [0.1, 0.15) is 5.56 Å². The van der Waals surface area contributed by atoms with Crippen molar-refractivity contribution in [1.29, 1.82) is 0 Å². The lowest BCUT2D eigenvalue weighted by Gasteiger charge is -2.08. The van der Waals surface area contributed by atoms with Gasteiger partial charge < -0.3 is 10.7 Å². The average Bonchev–Trinajstić information content (AvgIpc) is 2.20. The Bertz CT molecular complexity index is 331. The van der Waals surface area contributed by atoms with Gasteiger partial charge in [-0.3, -0.25) is 0 Å². The first-order valence-corrected chi connectivity index (χ1v) is 4.09. The summed E-state index contributed by atoms with van der Waals surface area (Å²) in [6.45, 7) is 1.99. The van der Waals surface area contributed by atoms with Crippen molar-refractivity contribution in [2.24, 2.45) is 11.0 Å². The summed E-state index contributed by atoms with van der Waals surface area (Å²) in [6, 6.07) is 7.66. The first-order chi connectivity index (χ1) is 6.76. The Labute approximate surface area is 81.9 Å². The molecule has 0 heterocycles. The molecule has 0 aliphatic heterocycles. The van der Waals surface area contributed by atoms with E-state index in [-0.39, 0.29) is 0 Å². The fourth-order valence-electron chi connectivity index (χ4n) is 0.951. The van der Waals surface area contributed by atoms with Gasteiger partial charge in [0.2, 0.25) is 0 Å². The highest BCUT2D eigenvalue weighted by Gasteiger charge is 1.95. The van der Waals surface area contributed by atoms with E-state index in [4.69, 9.17) is 5.84 Å². The third-order valence-corrected chi connectivity index (χ3v) is 1.67. The zero-order valence-corrected chi connectivity index (χ0v) is 7.82. The van der Waals surface area contributed by atoms with Crippen LogP contribution in [-0.4, -0.2) is 0 Å². The van der Waals surface area contributed by atoms with Crippen LogP contribution in [0.15, 0.2) is 41.5 Å². The smallest absolute Gasteiger partial charge is 0.140 e. The normalized spacial score (nSPS) is 10.9. The summed E-state index contributed by atoms with van der Waals surface area (Å²) in [7, 11) is 0. The molecule has 5 heteroatoms. The Balaban J connectivity index is 2.72. The molecule has 4 N–H and O–H groups in total. The van der Waals surface area contributed by atoms with Crippen molar-refractivity contribution in [3.63, 3.8) is 0 Å². The zero-order chi connectivity index (χ0) is 10.4. The fraction of sp³-hybridized carbons (Fsp3) is 0.111. The van der Waals surface area contributed by atoms with E-state index >= 15 is 0 Å². The molecule has 74 valence electrons. The van der Waals surface area contributed by atoms with Gasteiger partial charge in [-0.25, -0.2) is 5.84 Å². The van der Waals surface area contributed by atoms with Crippen molar-refractivity contribution in [2.75, 3.05) is 5.32 Å². The van der Waals surface area contributed by atoms with Gasteiger partial charge in [0.1, 0.15) is 12.0 Å². The minimum atomic E-state index is 0.351. The van der Waals surface area contributed by atoms with Crippen LogP contribution >= 0.6 is 0 Å². The monoisotopic (exact) mass is 192 g/mol. The Morgan fingerprint density at radius 2 is 2.07 bits per heavy atom. The van der Waals surface area contributed by atoms with Crippen molar-refractivity contribution in [1.82, 2.24) is 5.43 Å². The van der Waals surface area contributed by atoms with E-state index in [0.29, 0.717) is 5.82 Å². The summed E-state index contributed by atoms with van der Waals surface area (Å²) in [5.74, 6) is 5.51. The number of aryl methyl sites for hydroxylation is 1. The molecule has 0 radical (unpaired) electrons. The first-order valence-electron chi connectivity index (χ1n) is 4.09. The molecule has 0 fully saturated rings. The van der Waals surface area contributed by atoms with Gasteiger partial charge >= 0.3 is 0 Å². The number of nitrogens with one attached hydrogen (secondary N) is 2. The summed E-state index contributed by atoms with van der Waals surface area (Å²) in [5.41, 5.74) is 4.32. The summed E-state index contributed by atoms with van der Waals surface area (Å²) < 4.78 is 0. The van der Waals surface area contributed by atoms with E-state index in [0.717, 1.165) is 17.5 Å². The number of nitrogens with two attached hydrogens (primary N) is 1.